The Balaban J connectivity index is 1.35. The highest BCUT2D eigenvalue weighted by molar-refractivity contribution is 5.99. The number of hydrogen-bond donors (Lipinski definition) is 0. The number of nitrogens with zero attached hydrogens (tertiary/aromatic N) is 3. The second-order valence-corrected chi connectivity index (χ2v) is 8.59. The fraction of sp³-hybridized carbons (Fsp3) is 0.500. The van der Waals surface area contributed by atoms with Crippen molar-refractivity contribution >= 4 is 11.7 Å². The van der Waals surface area contributed by atoms with Crippen LogP contribution >= 0.6 is 0 Å². The molecule has 4 rings (SSSR count). The van der Waals surface area contributed by atoms with Gasteiger partial charge in [-0.25, -0.2) is 4.39 Å². The topological polar surface area (TPSA) is 45.6 Å². The smallest absolute Gasteiger partial charge is 0.253 e. The van der Waals surface area contributed by atoms with Crippen LogP contribution in [0.2, 0.25) is 0 Å². The van der Waals surface area contributed by atoms with E-state index in [4.69, 9.17) is 0 Å². The average Bonchev–Trinajstić information content (AvgIpc) is 3.36. The Hall–Kier alpha value is -2.47. The molecule has 1 aromatic heterocycles. The van der Waals surface area contributed by atoms with Gasteiger partial charge in [-0.2, -0.15) is 0 Å². The van der Waals surface area contributed by atoms with Crippen LogP contribution < -0.4 is 0 Å². The molecule has 6 heteroatoms. The minimum atomic E-state index is -0.345. The zero-order valence-electron chi connectivity index (χ0n) is 17.9. The number of ketones is 1. The van der Waals surface area contributed by atoms with Crippen LogP contribution in [-0.4, -0.2) is 58.8 Å². The molecule has 1 aliphatic carbocycles. The van der Waals surface area contributed by atoms with Crippen molar-refractivity contribution in [3.05, 3.63) is 58.7 Å². The molecule has 2 fully saturated rings. The summed E-state index contributed by atoms with van der Waals surface area (Å²) in [5.74, 6) is -0.270. The predicted octanol–water partition coefficient (Wildman–Crippen LogP) is 4.00. The summed E-state index contributed by atoms with van der Waals surface area (Å²) in [5, 5.41) is 0. The number of hydrogen-bond acceptors (Lipinski definition) is 3. The number of aromatic nitrogens is 1. The quantitative estimate of drug-likeness (QED) is 0.699. The summed E-state index contributed by atoms with van der Waals surface area (Å²) in [5.41, 5.74) is 3.61. The lowest BCUT2D eigenvalue weighted by atomic mass is 10.1. The lowest BCUT2D eigenvalue weighted by molar-refractivity contribution is 0.0624. The molecule has 1 saturated carbocycles. The number of benzene rings is 1. The largest absolute Gasteiger partial charge is 0.345 e. The average molecular weight is 412 g/mol. The molecule has 2 aromatic rings. The van der Waals surface area contributed by atoms with Crippen LogP contribution in [0.5, 0.6) is 0 Å². The van der Waals surface area contributed by atoms with E-state index >= 15 is 0 Å². The van der Waals surface area contributed by atoms with E-state index in [-0.39, 0.29) is 17.5 Å². The van der Waals surface area contributed by atoms with Gasteiger partial charge in [0.2, 0.25) is 0 Å². The van der Waals surface area contributed by atoms with Gasteiger partial charge in [0, 0.05) is 54.7 Å². The Morgan fingerprint density at radius 1 is 1.00 bits per heavy atom. The zero-order valence-corrected chi connectivity index (χ0v) is 17.9. The van der Waals surface area contributed by atoms with Crippen molar-refractivity contribution in [3.8, 4) is 0 Å². The van der Waals surface area contributed by atoms with Crippen LogP contribution in [-0.2, 0) is 0 Å². The molecule has 2 heterocycles. The highest BCUT2D eigenvalue weighted by Crippen LogP contribution is 2.33. The van der Waals surface area contributed by atoms with Crippen LogP contribution in [0.1, 0.15) is 63.8 Å². The summed E-state index contributed by atoms with van der Waals surface area (Å²) >= 11 is 0. The second-order valence-electron chi connectivity index (χ2n) is 8.59. The van der Waals surface area contributed by atoms with E-state index < -0.39 is 0 Å². The number of halogens is 1. The Morgan fingerprint density at radius 2 is 1.63 bits per heavy atom. The molecule has 0 spiro atoms. The van der Waals surface area contributed by atoms with Crippen LogP contribution in [0.4, 0.5) is 4.39 Å². The molecule has 30 heavy (non-hydrogen) atoms. The number of carbonyl (C=O) groups is 2. The van der Waals surface area contributed by atoms with E-state index in [9.17, 15) is 14.0 Å². The van der Waals surface area contributed by atoms with Gasteiger partial charge >= 0.3 is 0 Å². The fourth-order valence-electron chi connectivity index (χ4n) is 4.96. The molecule has 2 aliphatic rings. The van der Waals surface area contributed by atoms with Crippen molar-refractivity contribution in [3.63, 3.8) is 0 Å². The molecule has 1 amide bonds. The van der Waals surface area contributed by atoms with Gasteiger partial charge in [-0.1, -0.05) is 12.8 Å². The molecule has 0 unspecified atom stereocenters. The molecule has 0 bridgehead atoms. The molecule has 5 nitrogen and oxygen atoms in total. The summed E-state index contributed by atoms with van der Waals surface area (Å²) < 4.78 is 15.4. The third-order valence-corrected chi connectivity index (χ3v) is 6.59. The van der Waals surface area contributed by atoms with Gasteiger partial charge < -0.3 is 9.47 Å². The van der Waals surface area contributed by atoms with Gasteiger partial charge in [0.05, 0.1) is 6.54 Å². The van der Waals surface area contributed by atoms with Gasteiger partial charge in [-0.15, -0.1) is 0 Å². The minimum Gasteiger partial charge on any atom is -0.345 e. The number of piperazine rings is 1. The van der Waals surface area contributed by atoms with Crippen molar-refractivity contribution in [2.24, 2.45) is 0 Å². The predicted molar refractivity (Wildman–Crippen MR) is 114 cm³/mol. The molecule has 0 atom stereocenters. The van der Waals surface area contributed by atoms with Crippen LogP contribution in [0.25, 0.3) is 0 Å². The third kappa shape index (κ3) is 4.19. The first-order valence-corrected chi connectivity index (χ1v) is 10.9. The van der Waals surface area contributed by atoms with Gasteiger partial charge in [-0.3, -0.25) is 14.5 Å². The van der Waals surface area contributed by atoms with Crippen molar-refractivity contribution < 1.29 is 14.0 Å². The summed E-state index contributed by atoms with van der Waals surface area (Å²) in [4.78, 5) is 29.5. The number of aryl methyl sites for hydroxylation is 1. The van der Waals surface area contributed by atoms with E-state index in [1.807, 2.05) is 6.07 Å². The summed E-state index contributed by atoms with van der Waals surface area (Å²) in [6.07, 6.45) is 4.94. The molecule has 1 aromatic carbocycles. The fourth-order valence-corrected chi connectivity index (χ4v) is 4.96. The molecular formula is C24H30FN3O2. The van der Waals surface area contributed by atoms with Crippen molar-refractivity contribution in [2.75, 3.05) is 32.7 Å². The second kappa shape index (κ2) is 8.72. The summed E-state index contributed by atoms with van der Waals surface area (Å²) in [6.45, 7) is 7.03. The van der Waals surface area contributed by atoms with Crippen LogP contribution in [0.15, 0.2) is 30.3 Å². The number of rotatable bonds is 5. The first kappa shape index (κ1) is 20.8. The zero-order chi connectivity index (χ0) is 21.3. The van der Waals surface area contributed by atoms with Crippen molar-refractivity contribution in [1.29, 1.82) is 0 Å². The maximum atomic E-state index is 13.1. The van der Waals surface area contributed by atoms with E-state index in [2.05, 4.69) is 23.3 Å². The molecule has 0 N–H and O–H groups in total. The van der Waals surface area contributed by atoms with E-state index in [1.54, 1.807) is 4.90 Å². The van der Waals surface area contributed by atoms with E-state index in [0.29, 0.717) is 44.3 Å². The van der Waals surface area contributed by atoms with Gasteiger partial charge in [0.1, 0.15) is 5.82 Å². The van der Waals surface area contributed by atoms with Crippen LogP contribution in [0, 0.1) is 19.7 Å². The van der Waals surface area contributed by atoms with Gasteiger partial charge in [-0.05, 0) is 57.0 Å². The Bertz CT molecular complexity index is 921. The molecule has 0 radical (unpaired) electrons. The SMILES string of the molecule is Cc1cc(C(=O)CN2CCN(C(=O)c3ccc(F)cc3)CC2)c(C)n1C1CCCC1. The molecule has 1 aliphatic heterocycles. The van der Waals surface area contributed by atoms with Gasteiger partial charge in [0.25, 0.3) is 5.91 Å². The first-order chi connectivity index (χ1) is 14.4. The van der Waals surface area contributed by atoms with Crippen LogP contribution in [0.3, 0.4) is 0 Å². The Kier molecular flexibility index (Phi) is 6.04. The lowest BCUT2D eigenvalue weighted by Crippen LogP contribution is -2.49. The normalized spacial score (nSPS) is 18.2. The third-order valence-electron chi connectivity index (χ3n) is 6.59. The van der Waals surface area contributed by atoms with Gasteiger partial charge in [0.15, 0.2) is 5.78 Å². The highest BCUT2D eigenvalue weighted by Gasteiger charge is 2.26. The molecule has 160 valence electrons. The lowest BCUT2D eigenvalue weighted by Gasteiger charge is -2.34. The number of amides is 1. The molecular weight excluding hydrogens is 381 g/mol. The standard InChI is InChI=1S/C24H30FN3O2/c1-17-15-22(18(2)28(17)21-5-3-4-6-21)23(29)16-26-11-13-27(14-12-26)24(30)19-7-9-20(25)10-8-19/h7-10,15,21H,3-6,11-14,16H2,1-2H3. The van der Waals surface area contributed by atoms with Crippen molar-refractivity contribution in [1.82, 2.24) is 14.4 Å². The monoisotopic (exact) mass is 411 g/mol. The molecule has 1 saturated heterocycles. The summed E-state index contributed by atoms with van der Waals surface area (Å²) in [7, 11) is 0. The van der Waals surface area contributed by atoms with E-state index in [0.717, 1.165) is 11.3 Å². The maximum Gasteiger partial charge on any atom is 0.253 e. The van der Waals surface area contributed by atoms with E-state index in [1.165, 1.54) is 55.6 Å². The Labute approximate surface area is 177 Å². The Morgan fingerprint density at radius 3 is 2.27 bits per heavy atom. The van der Waals surface area contributed by atoms with Crippen molar-refractivity contribution in [2.45, 2.75) is 45.6 Å². The minimum absolute atomic E-state index is 0.0823. The first-order valence-electron chi connectivity index (χ1n) is 10.9. The highest BCUT2D eigenvalue weighted by atomic mass is 19.1. The summed E-state index contributed by atoms with van der Waals surface area (Å²) in [6, 6.07) is 8.24. The number of Topliss-reactive ketones (excluding diaryl/α,β-unsaturated/α-hetero) is 1. The maximum absolute atomic E-state index is 13.1. The number of carbonyl (C=O) groups excluding carboxylic acids is 2.